The van der Waals surface area contributed by atoms with Gasteiger partial charge in [0.1, 0.15) is 5.75 Å². The molecule has 4 heteroatoms. The molecule has 2 atom stereocenters. The molecule has 1 amide bonds. The second-order valence-electron chi connectivity index (χ2n) is 6.51. The fourth-order valence-corrected chi connectivity index (χ4v) is 4.19. The van der Waals surface area contributed by atoms with Crippen LogP contribution in [0.25, 0.3) is 10.9 Å². The van der Waals surface area contributed by atoms with Crippen molar-refractivity contribution in [2.45, 2.75) is 32.2 Å². The number of nitrogens with one attached hydrogen (secondary N) is 1. The Labute approximate surface area is 124 Å². The topological polar surface area (TPSA) is 45.3 Å². The molecule has 4 rings (SSSR count). The van der Waals surface area contributed by atoms with E-state index >= 15 is 0 Å². The van der Waals surface area contributed by atoms with Crippen molar-refractivity contribution in [3.05, 3.63) is 29.5 Å². The highest BCUT2D eigenvalue weighted by Gasteiger charge is 2.50. The molecule has 0 aliphatic carbocycles. The van der Waals surface area contributed by atoms with Crippen molar-refractivity contribution >= 4 is 16.8 Å². The highest BCUT2D eigenvalue weighted by molar-refractivity contribution is 5.89. The highest BCUT2D eigenvalue weighted by atomic mass is 16.5. The molecule has 0 unspecified atom stereocenters. The van der Waals surface area contributed by atoms with Gasteiger partial charge in [-0.2, -0.15) is 0 Å². The number of carbonyl (C=O) groups is 1. The quantitative estimate of drug-likeness (QED) is 0.875. The van der Waals surface area contributed by atoms with Crippen LogP contribution in [0.4, 0.5) is 0 Å². The van der Waals surface area contributed by atoms with Crippen LogP contribution in [0.15, 0.2) is 18.2 Å². The maximum Gasteiger partial charge on any atom is 0.226 e. The van der Waals surface area contributed by atoms with Gasteiger partial charge in [0.05, 0.1) is 12.6 Å². The van der Waals surface area contributed by atoms with E-state index < -0.39 is 0 Å². The Kier molecular flexibility index (Phi) is 2.44. The van der Waals surface area contributed by atoms with Gasteiger partial charge in [0.15, 0.2) is 0 Å². The number of H-pyrrole nitrogens is 1. The summed E-state index contributed by atoms with van der Waals surface area (Å²) in [5.74, 6) is 1.29. The van der Waals surface area contributed by atoms with Gasteiger partial charge in [-0.05, 0) is 43.5 Å². The Bertz CT molecular complexity index is 749. The predicted octanol–water partition coefficient (Wildman–Crippen LogP) is 2.82. The van der Waals surface area contributed by atoms with Crippen LogP contribution in [0.1, 0.15) is 31.5 Å². The molecular formula is C17H20N2O2. The molecule has 2 aliphatic rings. The average molecular weight is 284 g/mol. The molecule has 4 nitrogen and oxygen atoms in total. The second-order valence-corrected chi connectivity index (χ2v) is 6.51. The summed E-state index contributed by atoms with van der Waals surface area (Å²) in [6, 6.07) is 6.15. The van der Waals surface area contributed by atoms with Crippen molar-refractivity contribution in [3.63, 3.8) is 0 Å². The van der Waals surface area contributed by atoms with Gasteiger partial charge in [0, 0.05) is 29.1 Å². The molecule has 0 radical (unpaired) electrons. The van der Waals surface area contributed by atoms with E-state index in [4.69, 9.17) is 4.74 Å². The molecule has 2 aliphatic heterocycles. The Morgan fingerprint density at radius 1 is 1.43 bits per heavy atom. The van der Waals surface area contributed by atoms with Crippen LogP contribution in [0.5, 0.6) is 5.75 Å². The number of fused-ring (bicyclic) bond motifs is 5. The van der Waals surface area contributed by atoms with E-state index in [2.05, 4.69) is 28.9 Å². The number of carbonyl (C=O) groups excluding carboxylic acids is 1. The summed E-state index contributed by atoms with van der Waals surface area (Å²) < 4.78 is 5.35. The normalized spacial score (nSPS) is 27.9. The minimum atomic E-state index is -0.184. The second kappa shape index (κ2) is 4.03. The summed E-state index contributed by atoms with van der Waals surface area (Å²) in [7, 11) is 1.70. The van der Waals surface area contributed by atoms with E-state index in [1.165, 1.54) is 16.6 Å². The van der Waals surface area contributed by atoms with E-state index in [-0.39, 0.29) is 11.5 Å². The number of aromatic amines is 1. The molecule has 1 N–H and O–H groups in total. The number of methoxy groups -OCH3 is 1. The number of hydrogen-bond acceptors (Lipinski definition) is 2. The van der Waals surface area contributed by atoms with Crippen molar-refractivity contribution in [3.8, 4) is 5.75 Å². The third kappa shape index (κ3) is 1.53. The van der Waals surface area contributed by atoms with Crippen LogP contribution in [0.3, 0.4) is 0 Å². The van der Waals surface area contributed by atoms with E-state index in [0.29, 0.717) is 5.91 Å². The van der Waals surface area contributed by atoms with Crippen LogP contribution in [0.2, 0.25) is 0 Å². The summed E-state index contributed by atoms with van der Waals surface area (Å²) >= 11 is 0. The van der Waals surface area contributed by atoms with Crippen molar-refractivity contribution in [2.24, 2.45) is 5.92 Å². The molecule has 1 saturated heterocycles. The molecule has 110 valence electrons. The molecule has 1 fully saturated rings. The zero-order valence-corrected chi connectivity index (χ0v) is 12.7. The number of rotatable bonds is 1. The lowest BCUT2D eigenvalue weighted by molar-refractivity contribution is -0.133. The largest absolute Gasteiger partial charge is 0.497 e. The zero-order chi connectivity index (χ0) is 14.8. The maximum atomic E-state index is 12.4. The summed E-state index contributed by atoms with van der Waals surface area (Å²) in [5, 5.41) is 1.23. The fourth-order valence-electron chi connectivity index (χ4n) is 4.19. The van der Waals surface area contributed by atoms with Gasteiger partial charge in [0.2, 0.25) is 5.91 Å². The smallest absolute Gasteiger partial charge is 0.226 e. The van der Waals surface area contributed by atoms with Crippen LogP contribution in [-0.2, 0) is 16.8 Å². The van der Waals surface area contributed by atoms with Gasteiger partial charge >= 0.3 is 0 Å². The first-order valence-corrected chi connectivity index (χ1v) is 7.55. The number of hydrogen-bond donors (Lipinski definition) is 1. The Morgan fingerprint density at radius 3 is 3.00 bits per heavy atom. The first-order chi connectivity index (χ1) is 10.0. The fraction of sp³-hybridized carbons (Fsp3) is 0.471. The SMILES string of the molecule is COc1ccc2[nH]c3c(c2c1)CCN1C(=O)[C@@H](C)C[C@@]31C. The molecule has 0 bridgehead atoms. The Morgan fingerprint density at radius 2 is 2.24 bits per heavy atom. The van der Waals surface area contributed by atoms with E-state index in [9.17, 15) is 4.79 Å². The summed E-state index contributed by atoms with van der Waals surface area (Å²) in [6.07, 6.45) is 1.80. The van der Waals surface area contributed by atoms with E-state index in [1.54, 1.807) is 7.11 Å². The third-order valence-corrected chi connectivity index (χ3v) is 5.22. The van der Waals surface area contributed by atoms with Gasteiger partial charge in [0.25, 0.3) is 0 Å². The van der Waals surface area contributed by atoms with E-state index in [0.717, 1.165) is 30.7 Å². The predicted molar refractivity (Wildman–Crippen MR) is 81.4 cm³/mol. The van der Waals surface area contributed by atoms with Crippen LogP contribution in [0, 0.1) is 5.92 Å². The number of amides is 1. The number of nitrogens with zero attached hydrogens (tertiary/aromatic N) is 1. The van der Waals surface area contributed by atoms with Gasteiger partial charge in [-0.15, -0.1) is 0 Å². The monoisotopic (exact) mass is 284 g/mol. The lowest BCUT2D eigenvalue weighted by Gasteiger charge is -2.39. The molecule has 1 aromatic carbocycles. The van der Waals surface area contributed by atoms with Crippen LogP contribution >= 0.6 is 0 Å². The number of ether oxygens (including phenoxy) is 1. The molecule has 1 aromatic heterocycles. The molecule has 0 spiro atoms. The minimum Gasteiger partial charge on any atom is -0.497 e. The van der Waals surface area contributed by atoms with Gasteiger partial charge in [-0.1, -0.05) is 6.92 Å². The molecular weight excluding hydrogens is 264 g/mol. The Hall–Kier alpha value is -1.97. The molecule has 2 aromatic rings. The van der Waals surface area contributed by atoms with Crippen molar-refractivity contribution in [1.29, 1.82) is 0 Å². The standard InChI is InChI=1S/C17H20N2O2/c1-10-9-17(2)15-12(6-7-19(17)16(10)20)13-8-11(21-3)4-5-14(13)18-15/h4-5,8,10,18H,6-7,9H2,1-3H3/t10-,17-/m0/s1. The lowest BCUT2D eigenvalue weighted by Crippen LogP contribution is -2.46. The summed E-state index contributed by atoms with van der Waals surface area (Å²) in [6.45, 7) is 5.05. The Balaban J connectivity index is 1.94. The van der Waals surface area contributed by atoms with Crippen LogP contribution in [-0.4, -0.2) is 29.4 Å². The average Bonchev–Trinajstić information content (AvgIpc) is 2.95. The van der Waals surface area contributed by atoms with Gasteiger partial charge < -0.3 is 14.6 Å². The van der Waals surface area contributed by atoms with Gasteiger partial charge in [-0.25, -0.2) is 0 Å². The van der Waals surface area contributed by atoms with Crippen molar-refractivity contribution in [1.82, 2.24) is 9.88 Å². The first-order valence-electron chi connectivity index (χ1n) is 7.55. The number of aromatic nitrogens is 1. The number of benzene rings is 1. The minimum absolute atomic E-state index is 0.113. The lowest BCUT2D eigenvalue weighted by atomic mass is 9.85. The molecule has 21 heavy (non-hydrogen) atoms. The first kappa shape index (κ1) is 12.7. The molecule has 3 heterocycles. The zero-order valence-electron chi connectivity index (χ0n) is 12.7. The maximum absolute atomic E-state index is 12.4. The summed E-state index contributed by atoms with van der Waals surface area (Å²) in [4.78, 5) is 18.0. The molecule has 0 saturated carbocycles. The summed E-state index contributed by atoms with van der Waals surface area (Å²) in [5.41, 5.74) is 3.52. The van der Waals surface area contributed by atoms with Crippen LogP contribution < -0.4 is 4.74 Å². The van der Waals surface area contributed by atoms with E-state index in [1.807, 2.05) is 13.0 Å². The van der Waals surface area contributed by atoms with Gasteiger partial charge in [-0.3, -0.25) is 4.79 Å². The highest BCUT2D eigenvalue weighted by Crippen LogP contribution is 2.47. The van der Waals surface area contributed by atoms with Crippen molar-refractivity contribution in [2.75, 3.05) is 13.7 Å². The van der Waals surface area contributed by atoms with Crippen molar-refractivity contribution < 1.29 is 9.53 Å². The third-order valence-electron chi connectivity index (χ3n) is 5.22.